The third-order valence-electron chi connectivity index (χ3n) is 6.29. The van der Waals surface area contributed by atoms with E-state index in [9.17, 15) is 0 Å². The largest absolute Gasteiger partial charge is 0.497 e. The maximum absolute atomic E-state index is 5.99. The van der Waals surface area contributed by atoms with Gasteiger partial charge in [0.2, 0.25) is 0 Å². The summed E-state index contributed by atoms with van der Waals surface area (Å²) in [4.78, 5) is 6.87. The van der Waals surface area contributed by atoms with E-state index in [0.29, 0.717) is 6.04 Å². The fourth-order valence-electron chi connectivity index (χ4n) is 4.40. The number of nitrogens with one attached hydrogen (secondary N) is 1. The molecule has 5 heteroatoms. The van der Waals surface area contributed by atoms with Crippen molar-refractivity contribution in [2.24, 2.45) is 5.92 Å². The molecule has 0 saturated carbocycles. The summed E-state index contributed by atoms with van der Waals surface area (Å²) in [5.74, 6) is 2.62. The zero-order chi connectivity index (χ0) is 19.9. The Hall–Kier alpha value is -2.27. The van der Waals surface area contributed by atoms with Gasteiger partial charge in [-0.15, -0.1) is 0 Å². The number of anilines is 1. The third-order valence-corrected chi connectivity index (χ3v) is 6.29. The normalized spacial score (nSPS) is 20.0. The topological polar surface area (TPSA) is 46.6 Å². The molecule has 5 nitrogen and oxygen atoms in total. The van der Waals surface area contributed by atoms with E-state index in [1.807, 2.05) is 12.4 Å². The van der Waals surface area contributed by atoms with Gasteiger partial charge in [0.25, 0.3) is 0 Å². The first-order valence-corrected chi connectivity index (χ1v) is 11.0. The van der Waals surface area contributed by atoms with Crippen molar-refractivity contribution in [3.05, 3.63) is 48.3 Å². The molecule has 2 fully saturated rings. The number of rotatable bonds is 8. The van der Waals surface area contributed by atoms with Gasteiger partial charge in [0.05, 0.1) is 25.2 Å². The first-order valence-electron chi connectivity index (χ1n) is 11.0. The number of benzene rings is 1. The quantitative estimate of drug-likeness (QED) is 0.730. The highest BCUT2D eigenvalue weighted by molar-refractivity contribution is 5.48. The molecule has 1 N–H and O–H groups in total. The molecule has 1 aromatic heterocycles. The second-order valence-electron chi connectivity index (χ2n) is 8.30. The summed E-state index contributed by atoms with van der Waals surface area (Å²) in [5.41, 5.74) is 2.59. The molecule has 4 rings (SSSR count). The number of pyridine rings is 1. The molecule has 2 aliphatic rings. The van der Waals surface area contributed by atoms with Crippen molar-refractivity contribution in [2.45, 2.75) is 44.6 Å². The Labute approximate surface area is 174 Å². The molecular formula is C24H33N3O2. The molecule has 1 atom stereocenters. The zero-order valence-electron chi connectivity index (χ0n) is 17.5. The lowest BCUT2D eigenvalue weighted by Crippen LogP contribution is -2.34. The monoisotopic (exact) mass is 395 g/mol. The SMILES string of the molecule is COc1ccc(CCC2CCN(c3cncc(OC[C@@H]4CCCN4)c3)CC2)cc1. The van der Waals surface area contributed by atoms with Crippen LogP contribution >= 0.6 is 0 Å². The van der Waals surface area contributed by atoms with E-state index in [4.69, 9.17) is 9.47 Å². The Kier molecular flexibility index (Phi) is 6.88. The summed E-state index contributed by atoms with van der Waals surface area (Å²) in [7, 11) is 1.72. The summed E-state index contributed by atoms with van der Waals surface area (Å²) in [6, 6.07) is 11.1. The number of aromatic nitrogens is 1. The van der Waals surface area contributed by atoms with E-state index in [0.717, 1.165) is 50.1 Å². The predicted octanol–water partition coefficient (Wildman–Crippen LogP) is 4.07. The first-order chi connectivity index (χ1) is 14.3. The highest BCUT2D eigenvalue weighted by Crippen LogP contribution is 2.28. The van der Waals surface area contributed by atoms with Gasteiger partial charge in [-0.05, 0) is 68.7 Å². The van der Waals surface area contributed by atoms with Crippen LogP contribution in [0.5, 0.6) is 11.5 Å². The average Bonchev–Trinajstić information content (AvgIpc) is 3.31. The van der Waals surface area contributed by atoms with Gasteiger partial charge in [0.15, 0.2) is 0 Å². The van der Waals surface area contributed by atoms with Crippen LogP contribution in [-0.2, 0) is 6.42 Å². The van der Waals surface area contributed by atoms with Gasteiger partial charge in [0, 0.05) is 25.2 Å². The summed E-state index contributed by atoms with van der Waals surface area (Å²) in [6.45, 7) is 4.05. The molecule has 1 aromatic carbocycles. The van der Waals surface area contributed by atoms with E-state index in [2.05, 4.69) is 45.5 Å². The maximum atomic E-state index is 5.99. The van der Waals surface area contributed by atoms with Crippen LogP contribution in [0.25, 0.3) is 0 Å². The van der Waals surface area contributed by atoms with Gasteiger partial charge in [-0.1, -0.05) is 12.1 Å². The van der Waals surface area contributed by atoms with Crippen LogP contribution in [0, 0.1) is 5.92 Å². The highest BCUT2D eigenvalue weighted by Gasteiger charge is 2.20. The highest BCUT2D eigenvalue weighted by atomic mass is 16.5. The lowest BCUT2D eigenvalue weighted by molar-refractivity contribution is 0.276. The van der Waals surface area contributed by atoms with Crippen molar-refractivity contribution in [1.82, 2.24) is 10.3 Å². The molecule has 0 radical (unpaired) electrons. The van der Waals surface area contributed by atoms with Gasteiger partial charge < -0.3 is 19.7 Å². The predicted molar refractivity (Wildman–Crippen MR) is 117 cm³/mol. The zero-order valence-corrected chi connectivity index (χ0v) is 17.5. The van der Waals surface area contributed by atoms with E-state index in [1.54, 1.807) is 7.11 Å². The van der Waals surface area contributed by atoms with E-state index >= 15 is 0 Å². The van der Waals surface area contributed by atoms with E-state index in [-0.39, 0.29) is 0 Å². The molecule has 0 bridgehead atoms. The summed E-state index contributed by atoms with van der Waals surface area (Å²) < 4.78 is 11.2. The first kappa shape index (κ1) is 20.0. The molecular weight excluding hydrogens is 362 g/mol. The number of hydrogen-bond donors (Lipinski definition) is 1. The maximum Gasteiger partial charge on any atom is 0.139 e. The Morgan fingerprint density at radius 1 is 1.07 bits per heavy atom. The second-order valence-corrected chi connectivity index (χ2v) is 8.30. The molecule has 29 heavy (non-hydrogen) atoms. The van der Waals surface area contributed by atoms with Gasteiger partial charge >= 0.3 is 0 Å². The van der Waals surface area contributed by atoms with Crippen molar-refractivity contribution in [2.75, 3.05) is 38.3 Å². The molecule has 2 aromatic rings. The minimum absolute atomic E-state index is 0.486. The van der Waals surface area contributed by atoms with Crippen LogP contribution in [0.3, 0.4) is 0 Å². The van der Waals surface area contributed by atoms with E-state index in [1.165, 1.54) is 43.4 Å². The van der Waals surface area contributed by atoms with Crippen LogP contribution in [0.1, 0.15) is 37.7 Å². The molecule has 3 heterocycles. The van der Waals surface area contributed by atoms with Crippen LogP contribution in [0.2, 0.25) is 0 Å². The van der Waals surface area contributed by atoms with Crippen LogP contribution in [0.4, 0.5) is 5.69 Å². The van der Waals surface area contributed by atoms with Crippen molar-refractivity contribution in [3.8, 4) is 11.5 Å². The Balaban J connectivity index is 1.23. The fraction of sp³-hybridized carbons (Fsp3) is 0.542. The lowest BCUT2D eigenvalue weighted by atomic mass is 9.90. The Morgan fingerprint density at radius 3 is 2.62 bits per heavy atom. The molecule has 0 unspecified atom stereocenters. The number of nitrogens with zero attached hydrogens (tertiary/aromatic N) is 2. The summed E-state index contributed by atoms with van der Waals surface area (Å²) in [6.07, 6.45) is 11.2. The smallest absolute Gasteiger partial charge is 0.139 e. The van der Waals surface area contributed by atoms with Crippen molar-refractivity contribution < 1.29 is 9.47 Å². The summed E-state index contributed by atoms with van der Waals surface area (Å²) in [5, 5.41) is 3.48. The molecule has 0 spiro atoms. The number of piperidine rings is 1. The standard InChI is InChI=1S/C24H33N3O2/c1-28-23-8-6-19(7-9-23)4-5-20-10-13-27(14-11-20)22-15-24(17-25-16-22)29-18-21-3-2-12-26-21/h6-9,15-17,20-21,26H,2-5,10-14,18H2,1H3/t21-/m0/s1. The second kappa shape index (κ2) is 9.97. The minimum Gasteiger partial charge on any atom is -0.497 e. The van der Waals surface area contributed by atoms with Crippen molar-refractivity contribution in [1.29, 1.82) is 0 Å². The van der Waals surface area contributed by atoms with Crippen LogP contribution in [0.15, 0.2) is 42.7 Å². The van der Waals surface area contributed by atoms with E-state index < -0.39 is 0 Å². The minimum atomic E-state index is 0.486. The van der Waals surface area contributed by atoms with Crippen LogP contribution in [-0.4, -0.2) is 44.4 Å². The number of hydrogen-bond acceptors (Lipinski definition) is 5. The van der Waals surface area contributed by atoms with Gasteiger partial charge in [-0.3, -0.25) is 4.98 Å². The number of ether oxygens (including phenoxy) is 2. The summed E-state index contributed by atoms with van der Waals surface area (Å²) >= 11 is 0. The fourth-order valence-corrected chi connectivity index (χ4v) is 4.40. The molecule has 2 saturated heterocycles. The molecule has 2 aliphatic heterocycles. The van der Waals surface area contributed by atoms with Gasteiger partial charge in [-0.2, -0.15) is 0 Å². The molecule has 0 amide bonds. The van der Waals surface area contributed by atoms with Crippen molar-refractivity contribution >= 4 is 5.69 Å². The third kappa shape index (κ3) is 5.63. The number of aryl methyl sites for hydroxylation is 1. The average molecular weight is 396 g/mol. The van der Waals surface area contributed by atoms with Gasteiger partial charge in [0.1, 0.15) is 18.1 Å². The number of methoxy groups -OCH3 is 1. The Morgan fingerprint density at radius 2 is 1.90 bits per heavy atom. The van der Waals surface area contributed by atoms with Crippen LogP contribution < -0.4 is 19.7 Å². The van der Waals surface area contributed by atoms with Gasteiger partial charge in [-0.25, -0.2) is 0 Å². The molecule has 156 valence electrons. The lowest BCUT2D eigenvalue weighted by Gasteiger charge is -2.33. The molecule has 0 aliphatic carbocycles. The Bertz CT molecular complexity index is 751. The van der Waals surface area contributed by atoms with Crippen molar-refractivity contribution in [3.63, 3.8) is 0 Å².